The van der Waals surface area contributed by atoms with Crippen LogP contribution in [0.25, 0.3) is 0 Å². The number of aromatic nitrogens is 2. The van der Waals surface area contributed by atoms with E-state index in [4.69, 9.17) is 0 Å². The smallest absolute Gasteiger partial charge is 0.275 e. The molecule has 88 valence electrons. The Labute approximate surface area is 103 Å². The minimum atomic E-state index is -0.220. The van der Waals surface area contributed by atoms with Crippen molar-refractivity contribution < 1.29 is 4.79 Å². The zero-order chi connectivity index (χ0) is 12.3. The number of amides is 1. The van der Waals surface area contributed by atoms with E-state index in [1.807, 2.05) is 25.1 Å². The molecule has 0 spiro atoms. The summed E-state index contributed by atoms with van der Waals surface area (Å²) in [4.78, 5) is 21.8. The van der Waals surface area contributed by atoms with E-state index in [1.165, 1.54) is 11.3 Å². The molecule has 6 heteroatoms. The van der Waals surface area contributed by atoms with E-state index in [-0.39, 0.29) is 5.91 Å². The van der Waals surface area contributed by atoms with Crippen LogP contribution < -0.4 is 10.2 Å². The largest absolute Gasteiger partial charge is 0.361 e. The molecule has 5 nitrogen and oxygen atoms in total. The molecule has 0 saturated heterocycles. The Morgan fingerprint density at radius 1 is 1.41 bits per heavy atom. The highest BCUT2D eigenvalue weighted by Crippen LogP contribution is 2.20. The fraction of sp³-hybridized carbons (Fsp3) is 0.182. The van der Waals surface area contributed by atoms with Gasteiger partial charge >= 0.3 is 0 Å². The van der Waals surface area contributed by atoms with E-state index in [2.05, 4.69) is 15.3 Å². The summed E-state index contributed by atoms with van der Waals surface area (Å²) in [6.45, 7) is 0. The number of hydrogen-bond donors (Lipinski definition) is 1. The van der Waals surface area contributed by atoms with Crippen LogP contribution in [0, 0.1) is 0 Å². The van der Waals surface area contributed by atoms with Gasteiger partial charge in [-0.25, -0.2) is 9.97 Å². The molecular formula is C11H12N4OS. The number of thiazole rings is 1. The van der Waals surface area contributed by atoms with Crippen LogP contribution in [-0.2, 0) is 0 Å². The van der Waals surface area contributed by atoms with Gasteiger partial charge in [-0.3, -0.25) is 4.79 Å². The summed E-state index contributed by atoms with van der Waals surface area (Å²) in [5.41, 5.74) is 2.73. The molecule has 2 aromatic rings. The fourth-order valence-corrected chi connectivity index (χ4v) is 1.89. The van der Waals surface area contributed by atoms with Crippen LogP contribution >= 0.6 is 11.3 Å². The summed E-state index contributed by atoms with van der Waals surface area (Å²) in [5, 5.41) is 4.50. The van der Waals surface area contributed by atoms with Crippen LogP contribution in [0.2, 0.25) is 0 Å². The highest BCUT2D eigenvalue weighted by molar-refractivity contribution is 7.07. The van der Waals surface area contributed by atoms with Crippen molar-refractivity contribution in [2.75, 3.05) is 24.3 Å². The molecule has 0 fully saturated rings. The van der Waals surface area contributed by atoms with E-state index < -0.39 is 0 Å². The van der Waals surface area contributed by atoms with Gasteiger partial charge < -0.3 is 10.2 Å². The maximum Gasteiger partial charge on any atom is 0.275 e. The van der Waals surface area contributed by atoms with Crippen molar-refractivity contribution in [3.05, 3.63) is 34.9 Å². The summed E-state index contributed by atoms with van der Waals surface area (Å²) < 4.78 is 0. The van der Waals surface area contributed by atoms with Crippen molar-refractivity contribution in [1.29, 1.82) is 0 Å². The maximum absolute atomic E-state index is 11.8. The lowest BCUT2D eigenvalue weighted by Gasteiger charge is -2.15. The molecule has 0 aromatic carbocycles. The van der Waals surface area contributed by atoms with Gasteiger partial charge in [0.25, 0.3) is 5.91 Å². The van der Waals surface area contributed by atoms with Crippen molar-refractivity contribution in [3.63, 3.8) is 0 Å². The van der Waals surface area contributed by atoms with Gasteiger partial charge in [0.2, 0.25) is 0 Å². The van der Waals surface area contributed by atoms with Gasteiger partial charge in [0.05, 0.1) is 11.2 Å². The first-order valence-corrected chi connectivity index (χ1v) is 5.94. The Bertz CT molecular complexity index is 510. The van der Waals surface area contributed by atoms with Gasteiger partial charge in [0.15, 0.2) is 5.82 Å². The molecule has 2 aromatic heterocycles. The molecule has 0 atom stereocenters. The molecule has 0 unspecified atom stereocenters. The quantitative estimate of drug-likeness (QED) is 0.900. The Balaban J connectivity index is 2.22. The molecule has 1 N–H and O–H groups in total. The minimum Gasteiger partial charge on any atom is -0.361 e. The van der Waals surface area contributed by atoms with E-state index in [0.29, 0.717) is 11.4 Å². The summed E-state index contributed by atoms with van der Waals surface area (Å²) in [6, 6.07) is 3.59. The summed E-state index contributed by atoms with van der Waals surface area (Å²) in [5.74, 6) is 0.499. The van der Waals surface area contributed by atoms with E-state index in [9.17, 15) is 4.79 Å². The summed E-state index contributed by atoms with van der Waals surface area (Å²) >= 11 is 1.39. The van der Waals surface area contributed by atoms with E-state index >= 15 is 0 Å². The van der Waals surface area contributed by atoms with Gasteiger partial charge in [-0.1, -0.05) is 0 Å². The highest BCUT2D eigenvalue weighted by atomic mass is 32.1. The molecule has 0 aliphatic rings. The first-order valence-electron chi connectivity index (χ1n) is 5.00. The van der Waals surface area contributed by atoms with Gasteiger partial charge in [-0.15, -0.1) is 11.3 Å². The summed E-state index contributed by atoms with van der Waals surface area (Å²) in [6.07, 6.45) is 1.69. The Hall–Kier alpha value is -1.95. The number of pyridine rings is 1. The van der Waals surface area contributed by atoms with Crippen molar-refractivity contribution >= 4 is 28.7 Å². The zero-order valence-electron chi connectivity index (χ0n) is 9.54. The van der Waals surface area contributed by atoms with Gasteiger partial charge in [-0.2, -0.15) is 0 Å². The number of carbonyl (C=O) groups excluding carboxylic acids is 1. The van der Waals surface area contributed by atoms with Crippen molar-refractivity contribution in [2.24, 2.45) is 0 Å². The molecule has 0 radical (unpaired) electrons. The van der Waals surface area contributed by atoms with Crippen molar-refractivity contribution in [1.82, 2.24) is 9.97 Å². The van der Waals surface area contributed by atoms with Gasteiger partial charge in [-0.05, 0) is 12.1 Å². The van der Waals surface area contributed by atoms with Crippen molar-refractivity contribution in [3.8, 4) is 0 Å². The lowest BCUT2D eigenvalue weighted by atomic mass is 10.3. The van der Waals surface area contributed by atoms with E-state index in [0.717, 1.165) is 5.82 Å². The second kappa shape index (κ2) is 4.92. The zero-order valence-corrected chi connectivity index (χ0v) is 10.4. The van der Waals surface area contributed by atoms with Crippen molar-refractivity contribution in [2.45, 2.75) is 0 Å². The Morgan fingerprint density at radius 2 is 2.24 bits per heavy atom. The van der Waals surface area contributed by atoms with Crippen LogP contribution in [0.3, 0.4) is 0 Å². The standard InChI is InChI=1S/C11H12N4OS/c1-15(2)10-8(4-3-5-12-10)14-11(16)9-6-17-7-13-9/h3-7H,1-2H3,(H,14,16). The SMILES string of the molecule is CN(C)c1ncccc1NC(=O)c1cscn1. The molecule has 2 heterocycles. The number of carbonyl (C=O) groups is 1. The second-order valence-corrected chi connectivity index (χ2v) is 4.32. The minimum absolute atomic E-state index is 0.220. The van der Waals surface area contributed by atoms with Gasteiger partial charge in [0.1, 0.15) is 5.69 Å². The third-order valence-corrected chi connectivity index (χ3v) is 2.71. The van der Waals surface area contributed by atoms with E-state index in [1.54, 1.807) is 23.2 Å². The first kappa shape index (κ1) is 11.5. The number of nitrogens with one attached hydrogen (secondary N) is 1. The van der Waals surface area contributed by atoms with Crippen LogP contribution in [-0.4, -0.2) is 30.0 Å². The molecule has 2 rings (SSSR count). The third kappa shape index (κ3) is 2.59. The molecule has 0 saturated carbocycles. The van der Waals surface area contributed by atoms with Crippen LogP contribution in [0.15, 0.2) is 29.2 Å². The highest BCUT2D eigenvalue weighted by Gasteiger charge is 2.11. The number of rotatable bonds is 3. The second-order valence-electron chi connectivity index (χ2n) is 3.60. The molecule has 0 aliphatic carbocycles. The fourth-order valence-electron chi connectivity index (χ4n) is 1.36. The number of hydrogen-bond acceptors (Lipinski definition) is 5. The average molecular weight is 248 g/mol. The topological polar surface area (TPSA) is 58.1 Å². The molecular weight excluding hydrogens is 236 g/mol. The average Bonchev–Trinajstić information content (AvgIpc) is 2.83. The number of nitrogens with zero attached hydrogens (tertiary/aromatic N) is 3. The Morgan fingerprint density at radius 3 is 2.88 bits per heavy atom. The monoisotopic (exact) mass is 248 g/mol. The number of anilines is 2. The lowest BCUT2D eigenvalue weighted by Crippen LogP contribution is -2.17. The molecule has 1 amide bonds. The third-order valence-electron chi connectivity index (χ3n) is 2.12. The lowest BCUT2D eigenvalue weighted by molar-refractivity contribution is 0.102. The summed E-state index contributed by atoms with van der Waals surface area (Å²) in [7, 11) is 3.75. The van der Waals surface area contributed by atoms with Crippen LogP contribution in [0.4, 0.5) is 11.5 Å². The molecule has 17 heavy (non-hydrogen) atoms. The predicted molar refractivity (Wildman–Crippen MR) is 68.6 cm³/mol. The van der Waals surface area contributed by atoms with Crippen LogP contribution in [0.5, 0.6) is 0 Å². The maximum atomic E-state index is 11.8. The van der Waals surface area contributed by atoms with Crippen LogP contribution in [0.1, 0.15) is 10.5 Å². The normalized spacial score (nSPS) is 10.0. The predicted octanol–water partition coefficient (Wildman–Crippen LogP) is 1.86. The molecule has 0 bridgehead atoms. The Kier molecular flexibility index (Phi) is 3.34. The first-order chi connectivity index (χ1) is 8.18. The molecule has 0 aliphatic heterocycles. The van der Waals surface area contributed by atoms with Gasteiger partial charge in [0, 0.05) is 25.7 Å².